The summed E-state index contributed by atoms with van der Waals surface area (Å²) in [4.78, 5) is 0. The van der Waals surface area contributed by atoms with Crippen molar-refractivity contribution in [3.05, 3.63) is 35.4 Å². The maximum Gasteiger partial charge on any atom is 0.129 e. The predicted molar refractivity (Wildman–Crippen MR) is 71.6 cm³/mol. The zero-order valence-electron chi connectivity index (χ0n) is 11.3. The highest BCUT2D eigenvalue weighted by atomic mass is 19.1. The second-order valence-corrected chi connectivity index (χ2v) is 5.29. The summed E-state index contributed by atoms with van der Waals surface area (Å²) >= 11 is 0. The van der Waals surface area contributed by atoms with Crippen molar-refractivity contribution < 1.29 is 8.78 Å². The molecule has 1 saturated heterocycles. The molecule has 5 heteroatoms. The lowest BCUT2D eigenvalue weighted by Gasteiger charge is -2.19. The maximum absolute atomic E-state index is 13.5. The van der Waals surface area contributed by atoms with Gasteiger partial charge in [0.1, 0.15) is 11.6 Å². The lowest BCUT2D eigenvalue weighted by Crippen LogP contribution is -2.37. The molecule has 0 aromatic heterocycles. The smallest absolute Gasteiger partial charge is 0.129 e. The zero-order valence-corrected chi connectivity index (χ0v) is 11.3. The number of rotatable bonds is 5. The number of hydrazine groups is 1. The molecule has 0 bridgehead atoms. The van der Waals surface area contributed by atoms with Crippen LogP contribution in [0.5, 0.6) is 0 Å². The van der Waals surface area contributed by atoms with Crippen LogP contribution in [0.4, 0.5) is 8.78 Å². The molecule has 0 saturated carbocycles. The SMILES string of the molecule is CC(Cc1c(F)cccc1F)NCC1CNNC1C. The fraction of sp³-hybridized carbons (Fsp3) is 0.571. The third-order valence-corrected chi connectivity index (χ3v) is 3.70. The van der Waals surface area contributed by atoms with E-state index in [0.29, 0.717) is 18.4 Å². The van der Waals surface area contributed by atoms with Gasteiger partial charge in [0.2, 0.25) is 0 Å². The van der Waals surface area contributed by atoms with Gasteiger partial charge >= 0.3 is 0 Å². The Bertz CT molecular complexity index is 405. The van der Waals surface area contributed by atoms with E-state index < -0.39 is 11.6 Å². The Morgan fingerprint density at radius 1 is 1.37 bits per heavy atom. The molecule has 1 aromatic rings. The summed E-state index contributed by atoms with van der Waals surface area (Å²) < 4.78 is 27.1. The van der Waals surface area contributed by atoms with Crippen molar-refractivity contribution in [1.29, 1.82) is 0 Å². The third kappa shape index (κ3) is 3.72. The highest BCUT2D eigenvalue weighted by molar-refractivity contribution is 5.20. The Morgan fingerprint density at radius 3 is 2.63 bits per heavy atom. The van der Waals surface area contributed by atoms with Crippen LogP contribution in [-0.4, -0.2) is 25.2 Å². The summed E-state index contributed by atoms with van der Waals surface area (Å²) in [5.41, 5.74) is 6.42. The van der Waals surface area contributed by atoms with Gasteiger partial charge in [-0.15, -0.1) is 0 Å². The van der Waals surface area contributed by atoms with Crippen LogP contribution in [0.25, 0.3) is 0 Å². The van der Waals surface area contributed by atoms with Gasteiger partial charge < -0.3 is 5.32 Å². The second-order valence-electron chi connectivity index (χ2n) is 5.29. The van der Waals surface area contributed by atoms with Gasteiger partial charge in [-0.3, -0.25) is 10.9 Å². The monoisotopic (exact) mass is 269 g/mol. The third-order valence-electron chi connectivity index (χ3n) is 3.70. The highest BCUT2D eigenvalue weighted by Gasteiger charge is 2.23. The van der Waals surface area contributed by atoms with E-state index in [9.17, 15) is 8.78 Å². The van der Waals surface area contributed by atoms with Crippen LogP contribution in [0.3, 0.4) is 0 Å². The summed E-state index contributed by atoms with van der Waals surface area (Å²) in [5.74, 6) is -0.439. The first-order valence-electron chi connectivity index (χ1n) is 6.72. The van der Waals surface area contributed by atoms with Crippen molar-refractivity contribution in [1.82, 2.24) is 16.2 Å². The number of hydrogen-bond donors (Lipinski definition) is 3. The number of nitrogens with one attached hydrogen (secondary N) is 3. The van der Waals surface area contributed by atoms with Gasteiger partial charge in [-0.1, -0.05) is 6.07 Å². The molecule has 3 unspecified atom stereocenters. The van der Waals surface area contributed by atoms with E-state index in [1.807, 2.05) is 6.92 Å². The van der Waals surface area contributed by atoms with Crippen LogP contribution in [0.2, 0.25) is 0 Å². The minimum atomic E-state index is -0.466. The fourth-order valence-electron chi connectivity index (χ4n) is 2.35. The molecule has 1 aromatic carbocycles. The fourth-order valence-corrected chi connectivity index (χ4v) is 2.35. The summed E-state index contributed by atoms with van der Waals surface area (Å²) in [5, 5.41) is 3.34. The van der Waals surface area contributed by atoms with Crippen molar-refractivity contribution in [3.8, 4) is 0 Å². The molecule has 2 rings (SSSR count). The van der Waals surface area contributed by atoms with E-state index in [0.717, 1.165) is 13.1 Å². The Labute approximate surface area is 112 Å². The maximum atomic E-state index is 13.5. The summed E-state index contributed by atoms with van der Waals surface area (Å²) in [6.45, 7) is 5.81. The van der Waals surface area contributed by atoms with Gasteiger partial charge in [0.25, 0.3) is 0 Å². The standard InChI is InChI=1S/C14H21F2N3/c1-9(17-7-11-8-18-19-10(11)2)6-12-13(15)4-3-5-14(12)16/h3-5,9-11,17-19H,6-8H2,1-2H3. The van der Waals surface area contributed by atoms with E-state index in [2.05, 4.69) is 23.1 Å². The average molecular weight is 269 g/mol. The summed E-state index contributed by atoms with van der Waals surface area (Å²) in [6.07, 6.45) is 0.362. The van der Waals surface area contributed by atoms with Crippen molar-refractivity contribution in [3.63, 3.8) is 0 Å². The predicted octanol–water partition coefficient (Wildman–Crippen LogP) is 1.60. The molecule has 19 heavy (non-hydrogen) atoms. The van der Waals surface area contributed by atoms with Crippen LogP contribution in [0, 0.1) is 17.6 Å². The molecule has 0 radical (unpaired) electrons. The second kappa shape index (κ2) is 6.41. The molecule has 106 valence electrons. The van der Waals surface area contributed by atoms with Crippen molar-refractivity contribution >= 4 is 0 Å². The molecule has 1 aliphatic rings. The normalized spacial score (nSPS) is 24.6. The Balaban J connectivity index is 1.85. The molecule has 3 N–H and O–H groups in total. The van der Waals surface area contributed by atoms with Crippen LogP contribution in [0.1, 0.15) is 19.4 Å². The molecular weight excluding hydrogens is 248 g/mol. The van der Waals surface area contributed by atoms with E-state index >= 15 is 0 Å². The number of halogens is 2. The molecular formula is C14H21F2N3. The van der Waals surface area contributed by atoms with E-state index in [1.54, 1.807) is 0 Å². The molecule has 0 spiro atoms. The van der Waals surface area contributed by atoms with Crippen LogP contribution < -0.4 is 16.2 Å². The number of hydrogen-bond acceptors (Lipinski definition) is 3. The molecule has 0 aliphatic carbocycles. The average Bonchev–Trinajstić information content (AvgIpc) is 2.77. The van der Waals surface area contributed by atoms with Crippen LogP contribution >= 0.6 is 0 Å². The minimum absolute atomic E-state index is 0.0409. The van der Waals surface area contributed by atoms with Gasteiger partial charge in [-0.25, -0.2) is 8.78 Å². The molecule has 3 atom stereocenters. The first-order valence-corrected chi connectivity index (χ1v) is 6.72. The summed E-state index contributed by atoms with van der Waals surface area (Å²) in [6, 6.07) is 4.45. The lowest BCUT2D eigenvalue weighted by atomic mass is 10.0. The topological polar surface area (TPSA) is 36.1 Å². The van der Waals surface area contributed by atoms with Crippen molar-refractivity contribution in [2.45, 2.75) is 32.4 Å². The zero-order chi connectivity index (χ0) is 13.8. The molecule has 3 nitrogen and oxygen atoms in total. The molecule has 1 aliphatic heterocycles. The van der Waals surface area contributed by atoms with E-state index in [4.69, 9.17) is 0 Å². The first kappa shape index (κ1) is 14.4. The summed E-state index contributed by atoms with van der Waals surface area (Å²) in [7, 11) is 0. The largest absolute Gasteiger partial charge is 0.314 e. The Kier molecular flexibility index (Phi) is 4.85. The van der Waals surface area contributed by atoms with Crippen molar-refractivity contribution in [2.24, 2.45) is 5.92 Å². The number of benzene rings is 1. The van der Waals surface area contributed by atoms with Gasteiger partial charge in [0.15, 0.2) is 0 Å². The molecule has 1 heterocycles. The lowest BCUT2D eigenvalue weighted by molar-refractivity contribution is 0.416. The van der Waals surface area contributed by atoms with Gasteiger partial charge in [-0.2, -0.15) is 0 Å². The highest BCUT2D eigenvalue weighted by Crippen LogP contribution is 2.14. The van der Waals surface area contributed by atoms with E-state index in [1.165, 1.54) is 18.2 Å². The van der Waals surface area contributed by atoms with Gasteiger partial charge in [0, 0.05) is 36.7 Å². The Morgan fingerprint density at radius 2 is 2.05 bits per heavy atom. The Hall–Kier alpha value is -1.04. The quantitative estimate of drug-likeness (QED) is 0.760. The van der Waals surface area contributed by atoms with Gasteiger partial charge in [0.05, 0.1) is 0 Å². The van der Waals surface area contributed by atoms with E-state index in [-0.39, 0.29) is 11.6 Å². The van der Waals surface area contributed by atoms with Crippen LogP contribution in [0.15, 0.2) is 18.2 Å². The first-order chi connectivity index (χ1) is 9.08. The molecule has 1 fully saturated rings. The molecule has 0 amide bonds. The van der Waals surface area contributed by atoms with Crippen molar-refractivity contribution in [2.75, 3.05) is 13.1 Å². The minimum Gasteiger partial charge on any atom is -0.314 e. The van der Waals surface area contributed by atoms with Crippen LogP contribution in [-0.2, 0) is 6.42 Å². The van der Waals surface area contributed by atoms with Gasteiger partial charge in [-0.05, 0) is 32.4 Å².